The van der Waals surface area contributed by atoms with E-state index >= 15 is 0 Å². The minimum atomic E-state index is -0.607. The minimum Gasteiger partial charge on any atom is -0.461 e. The Morgan fingerprint density at radius 2 is 1.76 bits per heavy atom. The first-order chi connectivity index (χ1) is 13.8. The Morgan fingerprint density at radius 3 is 2.41 bits per heavy atom. The average molecular weight is 395 g/mol. The summed E-state index contributed by atoms with van der Waals surface area (Å²) in [5.41, 5.74) is 2.30. The molecular weight excluding hydrogens is 370 g/mol. The Kier molecular flexibility index (Phi) is 5.92. The number of ether oxygens (including phenoxy) is 3. The molecule has 1 amide bonds. The zero-order valence-corrected chi connectivity index (χ0v) is 17.1. The lowest BCUT2D eigenvalue weighted by Gasteiger charge is -2.19. The fourth-order valence-electron chi connectivity index (χ4n) is 2.84. The van der Waals surface area contributed by atoms with Gasteiger partial charge in [0.25, 0.3) is 5.91 Å². The quantitative estimate of drug-likeness (QED) is 0.611. The number of hydrogen-bond donors (Lipinski definition) is 1. The summed E-state index contributed by atoms with van der Waals surface area (Å²) in [6, 6.07) is 12.6. The fourth-order valence-corrected chi connectivity index (χ4v) is 2.84. The maximum Gasteiger partial charge on any atom is 0.354 e. The van der Waals surface area contributed by atoms with Crippen molar-refractivity contribution >= 4 is 18.0 Å². The predicted octanol–water partition coefficient (Wildman–Crippen LogP) is 4.05. The van der Waals surface area contributed by atoms with Crippen LogP contribution in [0.2, 0.25) is 0 Å². The second-order valence-electron chi connectivity index (χ2n) is 7.67. The lowest BCUT2D eigenvalue weighted by Crippen LogP contribution is -2.28. The second kappa shape index (κ2) is 8.39. The Hall–Kier alpha value is -3.28. The lowest BCUT2D eigenvalue weighted by atomic mass is 9.87. The third-order valence-electron chi connectivity index (χ3n) is 4.46. The number of benzene rings is 2. The third-order valence-corrected chi connectivity index (χ3v) is 4.46. The Balaban J connectivity index is 1.83. The summed E-state index contributed by atoms with van der Waals surface area (Å²) in [5.74, 6) is 0.240. The number of nitrogens with one attached hydrogen (secondary N) is 1. The van der Waals surface area contributed by atoms with Crippen molar-refractivity contribution in [3.63, 3.8) is 0 Å². The predicted molar refractivity (Wildman–Crippen MR) is 110 cm³/mol. The summed E-state index contributed by atoms with van der Waals surface area (Å²) < 4.78 is 15.8. The molecule has 0 atom stereocenters. The van der Waals surface area contributed by atoms with Gasteiger partial charge in [-0.2, -0.15) is 0 Å². The average Bonchev–Trinajstić information content (AvgIpc) is 3.15. The summed E-state index contributed by atoms with van der Waals surface area (Å²) in [5, 5.41) is 2.67. The number of amides is 1. The molecular formula is C23H25NO5. The molecule has 0 saturated heterocycles. The molecule has 6 heteroatoms. The Morgan fingerprint density at radius 1 is 1.07 bits per heavy atom. The Labute approximate surface area is 170 Å². The first-order valence-electron chi connectivity index (χ1n) is 9.48. The molecule has 2 aromatic carbocycles. The molecule has 0 aliphatic carbocycles. The van der Waals surface area contributed by atoms with E-state index in [0.717, 1.165) is 5.56 Å². The Bertz CT molecular complexity index is 939. The number of hydrogen-bond acceptors (Lipinski definition) is 5. The van der Waals surface area contributed by atoms with Crippen LogP contribution in [-0.4, -0.2) is 25.3 Å². The molecule has 1 heterocycles. The van der Waals surface area contributed by atoms with Gasteiger partial charge in [-0.05, 0) is 53.8 Å². The number of carbonyl (C=O) groups excluding carboxylic acids is 2. The minimum absolute atomic E-state index is 0.00957. The molecule has 0 radical (unpaired) electrons. The van der Waals surface area contributed by atoms with Crippen molar-refractivity contribution in [1.82, 2.24) is 5.32 Å². The molecule has 1 aliphatic heterocycles. The zero-order chi connectivity index (χ0) is 21.0. The number of rotatable bonds is 5. The zero-order valence-electron chi connectivity index (χ0n) is 17.1. The van der Waals surface area contributed by atoms with E-state index < -0.39 is 5.97 Å². The molecule has 6 nitrogen and oxygen atoms in total. The molecule has 0 spiro atoms. The van der Waals surface area contributed by atoms with Gasteiger partial charge in [0.05, 0.1) is 6.61 Å². The van der Waals surface area contributed by atoms with Crippen molar-refractivity contribution in [1.29, 1.82) is 0 Å². The molecule has 0 unspecified atom stereocenters. The largest absolute Gasteiger partial charge is 0.461 e. The molecule has 0 saturated carbocycles. The number of carbonyl (C=O) groups is 2. The van der Waals surface area contributed by atoms with Crippen LogP contribution >= 0.6 is 0 Å². The van der Waals surface area contributed by atoms with Crippen LogP contribution in [0, 0.1) is 0 Å². The second-order valence-corrected chi connectivity index (χ2v) is 7.67. The van der Waals surface area contributed by atoms with Crippen molar-refractivity contribution in [3.05, 3.63) is 64.9 Å². The van der Waals surface area contributed by atoms with Crippen molar-refractivity contribution in [3.8, 4) is 11.5 Å². The van der Waals surface area contributed by atoms with E-state index in [1.165, 1.54) is 0 Å². The van der Waals surface area contributed by atoms with Gasteiger partial charge in [0.1, 0.15) is 5.70 Å². The van der Waals surface area contributed by atoms with Gasteiger partial charge in [0.15, 0.2) is 11.5 Å². The van der Waals surface area contributed by atoms with E-state index in [2.05, 4.69) is 26.1 Å². The summed E-state index contributed by atoms with van der Waals surface area (Å²) in [6.45, 7) is 8.39. The van der Waals surface area contributed by atoms with Crippen LogP contribution in [0.5, 0.6) is 11.5 Å². The van der Waals surface area contributed by atoms with Crippen LogP contribution in [0.1, 0.15) is 49.2 Å². The van der Waals surface area contributed by atoms with Crippen LogP contribution in [0.3, 0.4) is 0 Å². The van der Waals surface area contributed by atoms with Gasteiger partial charge < -0.3 is 19.5 Å². The molecule has 0 fully saturated rings. The molecule has 3 rings (SSSR count). The number of fused-ring (bicyclic) bond motifs is 1. The van der Waals surface area contributed by atoms with Crippen LogP contribution in [0.25, 0.3) is 6.08 Å². The summed E-state index contributed by atoms with van der Waals surface area (Å²) >= 11 is 0. The maximum absolute atomic E-state index is 12.7. The summed E-state index contributed by atoms with van der Waals surface area (Å²) in [4.78, 5) is 25.1. The molecule has 152 valence electrons. The van der Waals surface area contributed by atoms with Crippen molar-refractivity contribution < 1.29 is 23.8 Å². The topological polar surface area (TPSA) is 73.9 Å². The molecule has 1 N–H and O–H groups in total. The molecule has 1 aliphatic rings. The molecule has 29 heavy (non-hydrogen) atoms. The van der Waals surface area contributed by atoms with Crippen LogP contribution in [0.15, 0.2) is 48.2 Å². The monoisotopic (exact) mass is 395 g/mol. The van der Waals surface area contributed by atoms with E-state index in [-0.39, 0.29) is 30.4 Å². The lowest BCUT2D eigenvalue weighted by molar-refractivity contribution is -0.138. The SMILES string of the molecule is CCOC(=O)C(=Cc1ccc2c(c1)OCO2)NC(=O)c1ccc(C(C)(C)C)cc1. The fraction of sp³-hybridized carbons (Fsp3) is 0.304. The number of esters is 1. The van der Waals surface area contributed by atoms with E-state index in [9.17, 15) is 9.59 Å². The standard InChI is InChI=1S/C23H25NO5/c1-5-27-22(26)18(12-15-6-11-19-20(13-15)29-14-28-19)24-21(25)16-7-9-17(10-8-16)23(2,3)4/h6-13H,5,14H2,1-4H3,(H,24,25). The first-order valence-corrected chi connectivity index (χ1v) is 9.48. The van der Waals surface area contributed by atoms with Crippen molar-refractivity contribution in [2.45, 2.75) is 33.1 Å². The van der Waals surface area contributed by atoms with E-state index in [1.54, 1.807) is 43.3 Å². The summed E-state index contributed by atoms with van der Waals surface area (Å²) in [6.07, 6.45) is 1.56. The van der Waals surface area contributed by atoms with Gasteiger partial charge in [-0.3, -0.25) is 4.79 Å². The van der Waals surface area contributed by atoms with Crippen LogP contribution in [-0.2, 0) is 14.9 Å². The highest BCUT2D eigenvalue weighted by Crippen LogP contribution is 2.33. The smallest absolute Gasteiger partial charge is 0.354 e. The van der Waals surface area contributed by atoms with Gasteiger partial charge in [-0.1, -0.05) is 39.0 Å². The van der Waals surface area contributed by atoms with Crippen molar-refractivity contribution in [2.75, 3.05) is 13.4 Å². The third kappa shape index (κ3) is 4.96. The molecule has 0 aromatic heterocycles. The van der Waals surface area contributed by atoms with Gasteiger partial charge in [-0.25, -0.2) is 4.79 Å². The van der Waals surface area contributed by atoms with E-state index in [0.29, 0.717) is 22.6 Å². The highest BCUT2D eigenvalue weighted by molar-refractivity contribution is 6.03. The van der Waals surface area contributed by atoms with Gasteiger partial charge >= 0.3 is 5.97 Å². The normalized spacial score (nSPS) is 13.2. The van der Waals surface area contributed by atoms with Gasteiger partial charge in [0.2, 0.25) is 6.79 Å². The summed E-state index contributed by atoms with van der Waals surface area (Å²) in [7, 11) is 0. The van der Waals surface area contributed by atoms with Gasteiger partial charge in [-0.15, -0.1) is 0 Å². The van der Waals surface area contributed by atoms with E-state index in [1.807, 2.05) is 12.1 Å². The van der Waals surface area contributed by atoms with Crippen LogP contribution < -0.4 is 14.8 Å². The first kappa shape index (κ1) is 20.5. The molecule has 2 aromatic rings. The maximum atomic E-state index is 12.7. The highest BCUT2D eigenvalue weighted by atomic mass is 16.7. The highest BCUT2D eigenvalue weighted by Gasteiger charge is 2.19. The molecule has 0 bridgehead atoms. The van der Waals surface area contributed by atoms with E-state index in [4.69, 9.17) is 14.2 Å². The van der Waals surface area contributed by atoms with Crippen LogP contribution in [0.4, 0.5) is 0 Å². The van der Waals surface area contributed by atoms with Gasteiger partial charge in [0, 0.05) is 5.56 Å². The van der Waals surface area contributed by atoms with Crippen molar-refractivity contribution in [2.24, 2.45) is 0 Å².